The number of methoxy groups -OCH3 is 1. The third kappa shape index (κ3) is 6.07. The van der Waals surface area contributed by atoms with E-state index in [-0.39, 0.29) is 17.7 Å². The predicted molar refractivity (Wildman–Crippen MR) is 104 cm³/mol. The first-order valence-electron chi connectivity index (χ1n) is 8.47. The van der Waals surface area contributed by atoms with Crippen LogP contribution in [0.15, 0.2) is 53.4 Å². The lowest BCUT2D eigenvalue weighted by molar-refractivity contribution is -0.139. The number of aryl methyl sites for hydroxylation is 1. The second kappa shape index (κ2) is 9.34. The Kier molecular flexibility index (Phi) is 7.13. The Morgan fingerprint density at radius 1 is 1.07 bits per heavy atom. The molecule has 1 atom stereocenters. The Morgan fingerprint density at radius 3 is 2.21 bits per heavy atom. The number of sulfonamides is 1. The van der Waals surface area contributed by atoms with E-state index < -0.39 is 27.9 Å². The number of aliphatic carboxylic acids is 1. The summed E-state index contributed by atoms with van der Waals surface area (Å²) in [7, 11) is -2.49. The van der Waals surface area contributed by atoms with E-state index in [1.165, 1.54) is 19.2 Å². The van der Waals surface area contributed by atoms with Crippen LogP contribution in [0.4, 0.5) is 5.69 Å². The smallest absolute Gasteiger partial charge is 0.321 e. The Labute approximate surface area is 163 Å². The lowest BCUT2D eigenvalue weighted by Crippen LogP contribution is -2.41. The molecule has 0 radical (unpaired) electrons. The molecule has 3 N–H and O–H groups in total. The fourth-order valence-electron chi connectivity index (χ4n) is 2.38. The van der Waals surface area contributed by atoms with Gasteiger partial charge in [-0.3, -0.25) is 9.59 Å². The minimum Gasteiger partial charge on any atom is -0.497 e. The van der Waals surface area contributed by atoms with Crippen molar-refractivity contribution in [3.8, 4) is 5.75 Å². The second-order valence-electron chi connectivity index (χ2n) is 6.14. The molecule has 2 rings (SSSR count). The van der Waals surface area contributed by atoms with Gasteiger partial charge >= 0.3 is 5.97 Å². The van der Waals surface area contributed by atoms with Crippen LogP contribution in [0.3, 0.4) is 0 Å². The maximum Gasteiger partial charge on any atom is 0.321 e. The number of anilines is 1. The highest BCUT2D eigenvalue weighted by Crippen LogP contribution is 2.16. The van der Waals surface area contributed by atoms with Gasteiger partial charge in [0.25, 0.3) is 0 Å². The first-order chi connectivity index (χ1) is 13.2. The topological polar surface area (TPSA) is 122 Å². The molecule has 0 heterocycles. The third-order valence-electron chi connectivity index (χ3n) is 3.96. The molecule has 0 bridgehead atoms. The van der Waals surface area contributed by atoms with Gasteiger partial charge in [-0.05, 0) is 49.7 Å². The Balaban J connectivity index is 1.97. The molecule has 0 saturated heterocycles. The van der Waals surface area contributed by atoms with Crippen molar-refractivity contribution in [2.24, 2.45) is 0 Å². The standard InChI is InChI=1S/C19H22N2O6S/c1-13-3-9-16(10-4-13)28(25,26)21-17(19(23)24)11-12-18(22)20-14-5-7-15(27-2)8-6-14/h3-10,17,21H,11-12H2,1-2H3,(H,20,22)(H,23,24). The van der Waals surface area contributed by atoms with Gasteiger partial charge in [0.05, 0.1) is 12.0 Å². The zero-order chi connectivity index (χ0) is 20.7. The lowest BCUT2D eigenvalue weighted by atomic mass is 10.1. The van der Waals surface area contributed by atoms with Gasteiger partial charge in [0.2, 0.25) is 15.9 Å². The van der Waals surface area contributed by atoms with Gasteiger partial charge in [0, 0.05) is 12.1 Å². The zero-order valence-electron chi connectivity index (χ0n) is 15.5. The van der Waals surface area contributed by atoms with Gasteiger partial charge in [-0.15, -0.1) is 0 Å². The van der Waals surface area contributed by atoms with Gasteiger partial charge < -0.3 is 15.2 Å². The normalized spacial score (nSPS) is 12.2. The highest BCUT2D eigenvalue weighted by molar-refractivity contribution is 7.89. The fourth-order valence-corrected chi connectivity index (χ4v) is 3.60. The van der Waals surface area contributed by atoms with Crippen LogP contribution in [0, 0.1) is 6.92 Å². The number of benzene rings is 2. The Bertz CT molecular complexity index is 924. The molecule has 0 fully saturated rings. The molecule has 0 aromatic heterocycles. The first kappa shape index (κ1) is 21.4. The number of carbonyl (C=O) groups excluding carboxylic acids is 1. The van der Waals surface area contributed by atoms with Crippen molar-refractivity contribution in [3.63, 3.8) is 0 Å². The molecule has 0 aliphatic rings. The molecule has 0 saturated carbocycles. The number of hydrogen-bond donors (Lipinski definition) is 3. The number of carboxylic acid groups (broad SMARTS) is 1. The number of ether oxygens (including phenoxy) is 1. The summed E-state index contributed by atoms with van der Waals surface area (Å²) in [4.78, 5) is 23.5. The molecule has 9 heteroatoms. The molecular weight excluding hydrogens is 384 g/mol. The van der Waals surface area contributed by atoms with E-state index in [2.05, 4.69) is 10.0 Å². The summed E-state index contributed by atoms with van der Waals surface area (Å²) >= 11 is 0. The van der Waals surface area contributed by atoms with E-state index in [1.807, 2.05) is 6.92 Å². The second-order valence-corrected chi connectivity index (χ2v) is 7.85. The molecule has 2 aromatic carbocycles. The van der Waals surface area contributed by atoms with Crippen LogP contribution in [0.25, 0.3) is 0 Å². The van der Waals surface area contributed by atoms with Crippen LogP contribution in [0.5, 0.6) is 5.75 Å². The number of nitrogens with one attached hydrogen (secondary N) is 2. The van der Waals surface area contributed by atoms with Crippen LogP contribution < -0.4 is 14.8 Å². The van der Waals surface area contributed by atoms with Crippen LogP contribution >= 0.6 is 0 Å². The van der Waals surface area contributed by atoms with Crippen molar-refractivity contribution in [3.05, 3.63) is 54.1 Å². The fraction of sp³-hybridized carbons (Fsp3) is 0.263. The Hall–Kier alpha value is -2.91. The first-order valence-corrected chi connectivity index (χ1v) is 9.95. The van der Waals surface area contributed by atoms with Crippen molar-refractivity contribution >= 4 is 27.6 Å². The van der Waals surface area contributed by atoms with Crippen molar-refractivity contribution < 1.29 is 27.9 Å². The number of carbonyl (C=O) groups is 2. The van der Waals surface area contributed by atoms with Gasteiger partial charge in [0.1, 0.15) is 11.8 Å². The minimum atomic E-state index is -4.01. The van der Waals surface area contributed by atoms with Crippen molar-refractivity contribution in [1.82, 2.24) is 4.72 Å². The average molecular weight is 406 g/mol. The predicted octanol–water partition coefficient (Wildman–Crippen LogP) is 2.15. The van der Waals surface area contributed by atoms with E-state index in [1.54, 1.807) is 36.4 Å². The lowest BCUT2D eigenvalue weighted by Gasteiger charge is -2.15. The molecule has 150 valence electrons. The number of hydrogen-bond acceptors (Lipinski definition) is 5. The maximum absolute atomic E-state index is 12.4. The third-order valence-corrected chi connectivity index (χ3v) is 5.45. The summed E-state index contributed by atoms with van der Waals surface area (Å²) in [6.45, 7) is 1.81. The number of amides is 1. The van der Waals surface area contributed by atoms with E-state index in [9.17, 15) is 23.1 Å². The molecule has 1 amide bonds. The van der Waals surface area contributed by atoms with Crippen LogP contribution in [-0.4, -0.2) is 38.6 Å². The zero-order valence-corrected chi connectivity index (χ0v) is 16.3. The van der Waals surface area contributed by atoms with Crippen molar-refractivity contribution in [1.29, 1.82) is 0 Å². The molecule has 8 nitrogen and oxygen atoms in total. The SMILES string of the molecule is COc1ccc(NC(=O)CCC(NS(=O)(=O)c2ccc(C)cc2)C(=O)O)cc1. The number of rotatable bonds is 9. The average Bonchev–Trinajstić information content (AvgIpc) is 2.66. The monoisotopic (exact) mass is 406 g/mol. The molecule has 0 spiro atoms. The molecule has 0 aliphatic carbocycles. The largest absolute Gasteiger partial charge is 0.497 e. The molecule has 1 unspecified atom stereocenters. The summed E-state index contributed by atoms with van der Waals surface area (Å²) in [6, 6.07) is 11.2. The summed E-state index contributed by atoms with van der Waals surface area (Å²) in [5.74, 6) is -1.15. The van der Waals surface area contributed by atoms with Crippen LogP contribution in [-0.2, 0) is 19.6 Å². The molecular formula is C19H22N2O6S. The van der Waals surface area contributed by atoms with Crippen LogP contribution in [0.2, 0.25) is 0 Å². The van der Waals surface area contributed by atoms with Crippen molar-refractivity contribution in [2.75, 3.05) is 12.4 Å². The van der Waals surface area contributed by atoms with E-state index in [0.29, 0.717) is 11.4 Å². The Morgan fingerprint density at radius 2 is 1.68 bits per heavy atom. The van der Waals surface area contributed by atoms with E-state index >= 15 is 0 Å². The summed E-state index contributed by atoms with van der Waals surface area (Å²) in [5, 5.41) is 11.9. The highest BCUT2D eigenvalue weighted by atomic mass is 32.2. The van der Waals surface area contributed by atoms with Gasteiger partial charge in [-0.1, -0.05) is 17.7 Å². The van der Waals surface area contributed by atoms with E-state index in [4.69, 9.17) is 4.74 Å². The summed E-state index contributed by atoms with van der Waals surface area (Å²) in [5.41, 5.74) is 1.40. The highest BCUT2D eigenvalue weighted by Gasteiger charge is 2.26. The van der Waals surface area contributed by atoms with Gasteiger partial charge in [0.15, 0.2) is 0 Å². The molecule has 2 aromatic rings. The van der Waals surface area contributed by atoms with Crippen LogP contribution in [0.1, 0.15) is 18.4 Å². The van der Waals surface area contributed by atoms with Crippen molar-refractivity contribution in [2.45, 2.75) is 30.7 Å². The number of carboxylic acids is 1. The maximum atomic E-state index is 12.4. The quantitative estimate of drug-likeness (QED) is 0.587. The summed E-state index contributed by atoms with van der Waals surface area (Å²) in [6.07, 6.45) is -0.359. The van der Waals surface area contributed by atoms with Gasteiger partial charge in [-0.25, -0.2) is 8.42 Å². The van der Waals surface area contributed by atoms with E-state index in [0.717, 1.165) is 5.56 Å². The summed E-state index contributed by atoms with van der Waals surface area (Å²) < 4.78 is 31.9. The molecule has 28 heavy (non-hydrogen) atoms. The van der Waals surface area contributed by atoms with Gasteiger partial charge in [-0.2, -0.15) is 4.72 Å². The minimum absolute atomic E-state index is 0.0352. The molecule has 0 aliphatic heterocycles.